The van der Waals surface area contributed by atoms with Crippen LogP contribution in [0.1, 0.15) is 37.1 Å². The molecule has 1 saturated carbocycles. The summed E-state index contributed by atoms with van der Waals surface area (Å²) in [6, 6.07) is 2.20. The Balaban J connectivity index is 2.42. The van der Waals surface area contributed by atoms with E-state index >= 15 is 0 Å². The van der Waals surface area contributed by atoms with Gasteiger partial charge in [0.05, 0.1) is 0 Å². The SMILES string of the molecule is Cc1ccsc1C1(C(C)(C)N)CC1. The predicted octanol–water partition coefficient (Wildman–Crippen LogP) is 2.83. The van der Waals surface area contributed by atoms with Crippen molar-refractivity contribution in [3.63, 3.8) is 0 Å². The highest BCUT2D eigenvalue weighted by Crippen LogP contribution is 2.56. The first-order chi connectivity index (χ1) is 5.97. The Hall–Kier alpha value is -0.340. The summed E-state index contributed by atoms with van der Waals surface area (Å²) in [6.07, 6.45) is 2.52. The van der Waals surface area contributed by atoms with Crippen molar-refractivity contribution < 1.29 is 0 Å². The molecular weight excluding hydrogens is 178 g/mol. The van der Waals surface area contributed by atoms with Crippen LogP contribution in [0.25, 0.3) is 0 Å². The second kappa shape index (κ2) is 2.58. The fourth-order valence-corrected chi connectivity index (χ4v) is 3.51. The maximum Gasteiger partial charge on any atom is 0.0225 e. The van der Waals surface area contributed by atoms with Gasteiger partial charge in [0, 0.05) is 15.8 Å². The molecule has 1 nitrogen and oxygen atoms in total. The molecule has 0 saturated heterocycles. The van der Waals surface area contributed by atoms with Crippen molar-refractivity contribution in [3.8, 4) is 0 Å². The predicted molar refractivity (Wildman–Crippen MR) is 58.2 cm³/mol. The number of nitrogens with two attached hydrogens (primary N) is 1. The molecule has 13 heavy (non-hydrogen) atoms. The first-order valence-electron chi connectivity index (χ1n) is 4.81. The van der Waals surface area contributed by atoms with Crippen molar-refractivity contribution >= 4 is 11.3 Å². The molecular formula is C11H17NS. The lowest BCUT2D eigenvalue weighted by Gasteiger charge is -2.30. The van der Waals surface area contributed by atoms with Crippen LogP contribution in [0.15, 0.2) is 11.4 Å². The van der Waals surface area contributed by atoms with Crippen LogP contribution in [-0.2, 0) is 5.41 Å². The minimum Gasteiger partial charge on any atom is -0.325 e. The lowest BCUT2D eigenvalue weighted by Crippen LogP contribution is -2.45. The van der Waals surface area contributed by atoms with Gasteiger partial charge in [0.2, 0.25) is 0 Å². The fraction of sp³-hybridized carbons (Fsp3) is 0.636. The van der Waals surface area contributed by atoms with Gasteiger partial charge in [-0.1, -0.05) is 0 Å². The molecule has 2 rings (SSSR count). The van der Waals surface area contributed by atoms with Crippen molar-refractivity contribution in [2.45, 2.75) is 44.6 Å². The minimum atomic E-state index is -0.0669. The van der Waals surface area contributed by atoms with Crippen molar-refractivity contribution in [1.29, 1.82) is 0 Å². The third-order valence-electron chi connectivity index (χ3n) is 3.28. The fourth-order valence-electron chi connectivity index (χ4n) is 2.15. The van der Waals surface area contributed by atoms with Crippen LogP contribution in [0, 0.1) is 6.92 Å². The van der Waals surface area contributed by atoms with E-state index in [2.05, 4.69) is 32.2 Å². The largest absolute Gasteiger partial charge is 0.325 e. The molecule has 1 aromatic heterocycles. The molecule has 0 aliphatic heterocycles. The van der Waals surface area contributed by atoms with Crippen LogP contribution in [0.2, 0.25) is 0 Å². The Morgan fingerprint density at radius 1 is 1.46 bits per heavy atom. The number of thiophene rings is 1. The summed E-state index contributed by atoms with van der Waals surface area (Å²) >= 11 is 1.87. The lowest BCUT2D eigenvalue weighted by atomic mass is 9.82. The van der Waals surface area contributed by atoms with Gasteiger partial charge in [0.15, 0.2) is 0 Å². The zero-order valence-corrected chi connectivity index (χ0v) is 9.37. The minimum absolute atomic E-state index is 0.0669. The van der Waals surface area contributed by atoms with Crippen LogP contribution in [0.3, 0.4) is 0 Å². The van der Waals surface area contributed by atoms with Crippen LogP contribution in [0.5, 0.6) is 0 Å². The Bertz CT molecular complexity index is 315. The highest BCUT2D eigenvalue weighted by atomic mass is 32.1. The number of hydrogen-bond donors (Lipinski definition) is 1. The number of hydrogen-bond acceptors (Lipinski definition) is 2. The zero-order valence-electron chi connectivity index (χ0n) is 8.55. The summed E-state index contributed by atoms with van der Waals surface area (Å²) < 4.78 is 0. The highest BCUT2D eigenvalue weighted by Gasteiger charge is 2.54. The second-order valence-corrected chi connectivity index (χ2v) is 5.65. The lowest BCUT2D eigenvalue weighted by molar-refractivity contribution is 0.396. The first-order valence-corrected chi connectivity index (χ1v) is 5.69. The van der Waals surface area contributed by atoms with Crippen LogP contribution < -0.4 is 5.73 Å². The Morgan fingerprint density at radius 3 is 2.38 bits per heavy atom. The van der Waals surface area contributed by atoms with E-state index in [9.17, 15) is 0 Å². The molecule has 0 amide bonds. The van der Waals surface area contributed by atoms with Gasteiger partial charge in [-0.2, -0.15) is 0 Å². The van der Waals surface area contributed by atoms with E-state index in [1.807, 2.05) is 11.3 Å². The van der Waals surface area contributed by atoms with Gasteiger partial charge in [-0.05, 0) is 50.6 Å². The molecule has 1 aromatic rings. The van der Waals surface area contributed by atoms with E-state index in [4.69, 9.17) is 5.73 Å². The summed E-state index contributed by atoms with van der Waals surface area (Å²) in [7, 11) is 0. The normalized spacial score (nSPS) is 20.3. The van der Waals surface area contributed by atoms with Gasteiger partial charge in [-0.25, -0.2) is 0 Å². The van der Waals surface area contributed by atoms with Crippen molar-refractivity contribution in [2.24, 2.45) is 5.73 Å². The molecule has 0 unspecified atom stereocenters. The maximum absolute atomic E-state index is 6.24. The number of aryl methyl sites for hydroxylation is 1. The van der Waals surface area contributed by atoms with Crippen molar-refractivity contribution in [3.05, 3.63) is 21.9 Å². The molecule has 1 aliphatic carbocycles. The van der Waals surface area contributed by atoms with Crippen LogP contribution >= 0.6 is 11.3 Å². The molecule has 0 atom stereocenters. The summed E-state index contributed by atoms with van der Waals surface area (Å²) in [4.78, 5) is 1.51. The maximum atomic E-state index is 6.24. The molecule has 2 heteroatoms. The monoisotopic (exact) mass is 195 g/mol. The average Bonchev–Trinajstić information content (AvgIpc) is 2.70. The third-order valence-corrected chi connectivity index (χ3v) is 4.50. The molecule has 0 bridgehead atoms. The summed E-state index contributed by atoms with van der Waals surface area (Å²) in [5.41, 5.74) is 7.89. The smallest absolute Gasteiger partial charge is 0.0225 e. The Labute approximate surface area is 84.0 Å². The van der Waals surface area contributed by atoms with Gasteiger partial charge >= 0.3 is 0 Å². The molecule has 1 aliphatic rings. The van der Waals surface area contributed by atoms with E-state index in [1.165, 1.54) is 23.3 Å². The van der Waals surface area contributed by atoms with E-state index in [0.29, 0.717) is 5.41 Å². The highest BCUT2D eigenvalue weighted by molar-refractivity contribution is 7.10. The molecule has 0 spiro atoms. The second-order valence-electron chi connectivity index (χ2n) is 4.74. The van der Waals surface area contributed by atoms with Crippen molar-refractivity contribution in [2.75, 3.05) is 0 Å². The van der Waals surface area contributed by atoms with Gasteiger partial charge < -0.3 is 5.73 Å². The van der Waals surface area contributed by atoms with Crippen LogP contribution in [-0.4, -0.2) is 5.54 Å². The van der Waals surface area contributed by atoms with E-state index < -0.39 is 0 Å². The van der Waals surface area contributed by atoms with E-state index in [0.717, 1.165) is 0 Å². The zero-order chi connectivity index (χ0) is 9.69. The summed E-state index contributed by atoms with van der Waals surface area (Å²) in [5.74, 6) is 0. The Kier molecular flexibility index (Phi) is 1.83. The van der Waals surface area contributed by atoms with Crippen molar-refractivity contribution in [1.82, 2.24) is 0 Å². The summed E-state index contributed by atoms with van der Waals surface area (Å²) in [6.45, 7) is 6.50. The average molecular weight is 195 g/mol. The van der Waals surface area contributed by atoms with Gasteiger partial charge in [-0.15, -0.1) is 11.3 Å². The van der Waals surface area contributed by atoms with Crippen LogP contribution in [0.4, 0.5) is 0 Å². The molecule has 1 fully saturated rings. The van der Waals surface area contributed by atoms with Gasteiger partial charge in [0.1, 0.15) is 0 Å². The van der Waals surface area contributed by atoms with E-state index in [1.54, 1.807) is 0 Å². The molecule has 2 N–H and O–H groups in total. The topological polar surface area (TPSA) is 26.0 Å². The number of rotatable bonds is 2. The third kappa shape index (κ3) is 1.24. The molecule has 1 heterocycles. The molecule has 0 aromatic carbocycles. The standard InChI is InChI=1S/C11H17NS/c1-8-4-7-13-9(8)11(5-6-11)10(2,3)12/h4,7H,5-6,12H2,1-3H3. The quantitative estimate of drug-likeness (QED) is 0.771. The summed E-state index contributed by atoms with van der Waals surface area (Å²) in [5, 5.41) is 2.18. The molecule has 0 radical (unpaired) electrons. The molecule has 72 valence electrons. The van der Waals surface area contributed by atoms with Gasteiger partial charge in [-0.3, -0.25) is 0 Å². The van der Waals surface area contributed by atoms with E-state index in [-0.39, 0.29) is 5.54 Å². The first kappa shape index (κ1) is 9.22. The van der Waals surface area contributed by atoms with Gasteiger partial charge in [0.25, 0.3) is 0 Å². The Morgan fingerprint density at radius 2 is 2.08 bits per heavy atom.